The number of amides is 2. The van der Waals surface area contributed by atoms with Crippen LogP contribution in [0.15, 0.2) is 64.9 Å². The highest BCUT2D eigenvalue weighted by molar-refractivity contribution is 6.25. The van der Waals surface area contributed by atoms with Crippen molar-refractivity contribution in [3.63, 3.8) is 0 Å². The third kappa shape index (κ3) is 2.25. The van der Waals surface area contributed by atoms with Gasteiger partial charge in [0.05, 0.1) is 12.2 Å². The zero-order valence-electron chi connectivity index (χ0n) is 12.5. The molecule has 0 aromatic heterocycles. The minimum absolute atomic E-state index is 0.212. The van der Waals surface area contributed by atoms with Gasteiger partial charge in [0.15, 0.2) is 12.1 Å². The lowest BCUT2D eigenvalue weighted by atomic mass is 10.1. The molecular weight excluding hydrogens is 311 g/mol. The summed E-state index contributed by atoms with van der Waals surface area (Å²) in [4.78, 5) is 26.4. The van der Waals surface area contributed by atoms with E-state index < -0.39 is 12.1 Å². The van der Waals surface area contributed by atoms with Crippen molar-refractivity contribution in [2.75, 3.05) is 4.90 Å². The predicted octanol–water partition coefficient (Wildman–Crippen LogP) is 2.32. The second-order valence-corrected chi connectivity index (χ2v) is 5.67. The van der Waals surface area contributed by atoms with E-state index >= 15 is 0 Å². The number of anilines is 1. The van der Waals surface area contributed by atoms with E-state index in [1.54, 1.807) is 36.4 Å². The molecule has 24 heavy (non-hydrogen) atoms. The Morgan fingerprint density at radius 1 is 1.00 bits per heavy atom. The predicted molar refractivity (Wildman–Crippen MR) is 83.3 cm³/mol. The maximum atomic E-state index is 13.3. The number of fused-ring (bicyclic) bond motifs is 1. The zero-order valence-corrected chi connectivity index (χ0v) is 12.5. The number of halogens is 1. The molecule has 2 aliphatic rings. The first-order valence-electron chi connectivity index (χ1n) is 7.50. The molecule has 2 aliphatic heterocycles. The smallest absolute Gasteiger partial charge is 0.263 e. The third-order valence-corrected chi connectivity index (χ3v) is 4.11. The number of carbonyl (C=O) groups is 2. The molecule has 0 radical (unpaired) electrons. The van der Waals surface area contributed by atoms with E-state index in [-0.39, 0.29) is 24.2 Å². The first-order valence-corrected chi connectivity index (χ1v) is 7.50. The van der Waals surface area contributed by atoms with Gasteiger partial charge in [-0.05, 0) is 29.8 Å². The quantitative estimate of drug-likeness (QED) is 0.814. The van der Waals surface area contributed by atoms with Crippen LogP contribution in [-0.2, 0) is 16.1 Å². The standard InChI is InChI=1S/C17H13FN4O2/c18-12-6-4-5-11(9-12)10-21-15-14(19-20-21)16(23)22(17(15)24)13-7-2-1-3-8-13/h1-9,14-15H,10H2/t14-,15-/m0/s1. The molecule has 0 unspecified atom stereocenters. The first kappa shape index (κ1) is 14.5. The summed E-state index contributed by atoms with van der Waals surface area (Å²) < 4.78 is 13.3. The van der Waals surface area contributed by atoms with Crippen LogP contribution < -0.4 is 4.90 Å². The molecule has 4 rings (SSSR count). The molecule has 2 heterocycles. The Morgan fingerprint density at radius 2 is 1.79 bits per heavy atom. The molecule has 6 nitrogen and oxygen atoms in total. The molecule has 1 saturated heterocycles. The van der Waals surface area contributed by atoms with Crippen LogP contribution >= 0.6 is 0 Å². The van der Waals surface area contributed by atoms with Gasteiger partial charge in [0.2, 0.25) is 0 Å². The molecule has 7 heteroatoms. The number of benzene rings is 2. The van der Waals surface area contributed by atoms with E-state index in [4.69, 9.17) is 0 Å². The summed E-state index contributed by atoms with van der Waals surface area (Å²) in [5.74, 6) is -1.11. The number of para-hydroxylation sites is 1. The highest BCUT2D eigenvalue weighted by Crippen LogP contribution is 2.32. The minimum atomic E-state index is -0.841. The lowest BCUT2D eigenvalue weighted by Crippen LogP contribution is -2.39. The van der Waals surface area contributed by atoms with Gasteiger partial charge in [0, 0.05) is 0 Å². The van der Waals surface area contributed by atoms with E-state index in [1.807, 2.05) is 6.07 Å². The van der Waals surface area contributed by atoms with Gasteiger partial charge >= 0.3 is 0 Å². The normalized spacial score (nSPS) is 22.4. The summed E-state index contributed by atoms with van der Waals surface area (Å²) in [6.45, 7) is 0.212. The lowest BCUT2D eigenvalue weighted by Gasteiger charge is -2.20. The van der Waals surface area contributed by atoms with Crippen molar-refractivity contribution in [1.82, 2.24) is 5.01 Å². The van der Waals surface area contributed by atoms with Gasteiger partial charge < -0.3 is 0 Å². The Morgan fingerprint density at radius 3 is 2.54 bits per heavy atom. The maximum Gasteiger partial charge on any atom is 0.263 e. The summed E-state index contributed by atoms with van der Waals surface area (Å²) in [7, 11) is 0. The number of rotatable bonds is 3. The molecule has 0 spiro atoms. The van der Waals surface area contributed by atoms with Crippen LogP contribution in [0.1, 0.15) is 5.56 Å². The van der Waals surface area contributed by atoms with Crippen LogP contribution in [0, 0.1) is 5.82 Å². The molecule has 2 aromatic carbocycles. The van der Waals surface area contributed by atoms with Crippen LogP contribution in [0.4, 0.5) is 10.1 Å². The van der Waals surface area contributed by atoms with Crippen LogP contribution in [0.2, 0.25) is 0 Å². The van der Waals surface area contributed by atoms with Gasteiger partial charge in [0.25, 0.3) is 11.8 Å². The van der Waals surface area contributed by atoms with Gasteiger partial charge in [-0.3, -0.25) is 14.6 Å². The average Bonchev–Trinajstić information content (AvgIpc) is 3.09. The van der Waals surface area contributed by atoms with Crippen LogP contribution in [-0.4, -0.2) is 28.9 Å². The maximum absolute atomic E-state index is 13.3. The molecule has 0 saturated carbocycles. The molecule has 0 bridgehead atoms. The molecular formula is C17H13FN4O2. The number of imide groups is 1. The van der Waals surface area contributed by atoms with E-state index in [0.717, 1.165) is 4.90 Å². The van der Waals surface area contributed by atoms with Crippen molar-refractivity contribution in [2.24, 2.45) is 10.3 Å². The van der Waals surface area contributed by atoms with Crippen molar-refractivity contribution in [3.8, 4) is 0 Å². The van der Waals surface area contributed by atoms with Crippen LogP contribution in [0.5, 0.6) is 0 Å². The molecule has 2 amide bonds. The number of nitrogens with zero attached hydrogens (tertiary/aromatic N) is 4. The monoisotopic (exact) mass is 324 g/mol. The largest absolute Gasteiger partial charge is 0.271 e. The minimum Gasteiger partial charge on any atom is -0.271 e. The van der Waals surface area contributed by atoms with Crippen molar-refractivity contribution in [2.45, 2.75) is 18.6 Å². The van der Waals surface area contributed by atoms with Crippen LogP contribution in [0.3, 0.4) is 0 Å². The molecule has 2 atom stereocenters. The molecule has 0 aliphatic carbocycles. The molecule has 120 valence electrons. The Hall–Kier alpha value is -3.09. The van der Waals surface area contributed by atoms with Gasteiger partial charge in [-0.25, -0.2) is 9.29 Å². The number of hydrogen-bond acceptors (Lipinski definition) is 5. The van der Waals surface area contributed by atoms with Gasteiger partial charge in [-0.15, -0.1) is 0 Å². The van der Waals surface area contributed by atoms with E-state index in [0.29, 0.717) is 11.3 Å². The fourth-order valence-corrected chi connectivity index (χ4v) is 3.01. The van der Waals surface area contributed by atoms with Crippen molar-refractivity contribution in [1.29, 1.82) is 0 Å². The SMILES string of the molecule is O=C1[C@H]2N=NN(Cc3cccc(F)c3)[C@@H]2C(=O)N1c1ccccc1. The van der Waals surface area contributed by atoms with Gasteiger partial charge in [-0.1, -0.05) is 35.6 Å². The van der Waals surface area contributed by atoms with Crippen molar-refractivity contribution >= 4 is 17.5 Å². The van der Waals surface area contributed by atoms with Gasteiger partial charge in [-0.2, -0.15) is 5.11 Å². The van der Waals surface area contributed by atoms with Crippen molar-refractivity contribution in [3.05, 3.63) is 66.0 Å². The Labute approximate surface area is 137 Å². The summed E-state index contributed by atoms with van der Waals surface area (Å²) in [5.41, 5.74) is 1.18. The van der Waals surface area contributed by atoms with Crippen LogP contribution in [0.25, 0.3) is 0 Å². The second-order valence-electron chi connectivity index (χ2n) is 5.67. The van der Waals surface area contributed by atoms with Gasteiger partial charge in [0.1, 0.15) is 5.82 Å². The highest BCUT2D eigenvalue weighted by atomic mass is 19.1. The fraction of sp³-hybridized carbons (Fsp3) is 0.176. The third-order valence-electron chi connectivity index (χ3n) is 4.11. The van der Waals surface area contributed by atoms with Crippen molar-refractivity contribution < 1.29 is 14.0 Å². The summed E-state index contributed by atoms with van der Waals surface area (Å²) in [5, 5.41) is 9.34. The van der Waals surface area contributed by atoms with E-state index in [9.17, 15) is 14.0 Å². The highest BCUT2D eigenvalue weighted by Gasteiger charge is 2.54. The van der Waals surface area contributed by atoms with E-state index in [2.05, 4.69) is 10.3 Å². The average molecular weight is 324 g/mol. The Bertz CT molecular complexity index is 839. The Balaban J connectivity index is 1.61. The lowest BCUT2D eigenvalue weighted by molar-refractivity contribution is -0.123. The Kier molecular flexibility index (Phi) is 3.34. The molecule has 2 aromatic rings. The number of carbonyl (C=O) groups excluding carboxylic acids is 2. The molecule has 0 N–H and O–H groups in total. The summed E-state index contributed by atoms with van der Waals surface area (Å²) in [6, 6.07) is 13.2. The summed E-state index contributed by atoms with van der Waals surface area (Å²) >= 11 is 0. The first-order chi connectivity index (χ1) is 11.6. The summed E-state index contributed by atoms with van der Waals surface area (Å²) in [6.07, 6.45) is 0. The number of hydrogen-bond donors (Lipinski definition) is 0. The topological polar surface area (TPSA) is 65.3 Å². The van der Waals surface area contributed by atoms with E-state index in [1.165, 1.54) is 17.1 Å². The molecule has 1 fully saturated rings. The fourth-order valence-electron chi connectivity index (χ4n) is 3.01. The second kappa shape index (κ2) is 5.52. The zero-order chi connectivity index (χ0) is 16.7.